The second-order valence-electron chi connectivity index (χ2n) is 7.75. The fourth-order valence-electron chi connectivity index (χ4n) is 1.73. The maximum absolute atomic E-state index is 12.3. The van der Waals surface area contributed by atoms with Gasteiger partial charge in [0.05, 0.1) is 12.9 Å². The summed E-state index contributed by atoms with van der Waals surface area (Å²) in [5.74, 6) is -0.567. The van der Waals surface area contributed by atoms with E-state index in [1.54, 1.807) is 41.5 Å². The van der Waals surface area contributed by atoms with Crippen LogP contribution in [0, 0.1) is 0 Å². The molecule has 0 unspecified atom stereocenters. The Morgan fingerprint density at radius 3 is 1.92 bits per heavy atom. The molecule has 0 aromatic heterocycles. The lowest BCUT2D eigenvalue weighted by Gasteiger charge is -2.26. The molecule has 8 nitrogen and oxygen atoms in total. The number of rotatable bonds is 8. The zero-order valence-corrected chi connectivity index (χ0v) is 17.0. The van der Waals surface area contributed by atoms with Gasteiger partial charge >= 0.3 is 12.1 Å². The standard InChI is InChI=1S/C16H31NO7S/c1-15(2,3)23-13(18)12(17-14(19)24-16(4,5)6)10-8-9-11-22-25(7,20)21/h12H,8-11H2,1-7H3,(H,17,19)/t12-/m1/s1. The minimum Gasteiger partial charge on any atom is -0.458 e. The van der Waals surface area contributed by atoms with Crippen LogP contribution in [0.15, 0.2) is 0 Å². The van der Waals surface area contributed by atoms with E-state index in [1.807, 2.05) is 0 Å². The number of carbonyl (C=O) groups excluding carboxylic acids is 2. The van der Waals surface area contributed by atoms with E-state index in [9.17, 15) is 18.0 Å². The highest BCUT2D eigenvalue weighted by atomic mass is 32.2. The molecule has 0 aliphatic carbocycles. The van der Waals surface area contributed by atoms with Crippen LogP contribution in [0.4, 0.5) is 4.79 Å². The van der Waals surface area contributed by atoms with E-state index < -0.39 is 39.4 Å². The number of unbranched alkanes of at least 4 members (excludes halogenated alkanes) is 1. The van der Waals surface area contributed by atoms with Gasteiger partial charge in [-0.05, 0) is 60.8 Å². The zero-order chi connectivity index (χ0) is 19.9. The first-order valence-corrected chi connectivity index (χ1v) is 9.97. The predicted octanol–water partition coefficient (Wildman–Crippen LogP) is 2.37. The van der Waals surface area contributed by atoms with Gasteiger partial charge in [0.1, 0.15) is 17.2 Å². The highest BCUT2D eigenvalue weighted by Gasteiger charge is 2.28. The van der Waals surface area contributed by atoms with Crippen LogP contribution in [0.3, 0.4) is 0 Å². The lowest BCUT2D eigenvalue weighted by atomic mass is 10.1. The molecule has 9 heteroatoms. The van der Waals surface area contributed by atoms with Crippen LogP contribution in [-0.2, 0) is 28.6 Å². The van der Waals surface area contributed by atoms with E-state index in [0.717, 1.165) is 6.26 Å². The minimum atomic E-state index is -3.49. The van der Waals surface area contributed by atoms with Gasteiger partial charge < -0.3 is 14.8 Å². The maximum atomic E-state index is 12.3. The summed E-state index contributed by atoms with van der Waals surface area (Å²) in [6, 6.07) is -0.882. The third-order valence-corrected chi connectivity index (χ3v) is 3.16. The highest BCUT2D eigenvalue weighted by molar-refractivity contribution is 7.85. The van der Waals surface area contributed by atoms with Gasteiger partial charge in [-0.3, -0.25) is 4.18 Å². The van der Waals surface area contributed by atoms with Crippen molar-refractivity contribution in [1.29, 1.82) is 0 Å². The topological polar surface area (TPSA) is 108 Å². The number of nitrogens with one attached hydrogen (secondary N) is 1. The van der Waals surface area contributed by atoms with Gasteiger partial charge in [-0.25, -0.2) is 9.59 Å². The Kier molecular flexibility index (Phi) is 8.87. The molecule has 0 aromatic rings. The van der Waals surface area contributed by atoms with Crippen LogP contribution in [0.25, 0.3) is 0 Å². The van der Waals surface area contributed by atoms with E-state index in [-0.39, 0.29) is 13.0 Å². The lowest BCUT2D eigenvalue weighted by Crippen LogP contribution is -2.46. The molecule has 0 aromatic carbocycles. The largest absolute Gasteiger partial charge is 0.458 e. The van der Waals surface area contributed by atoms with Crippen LogP contribution in [0.2, 0.25) is 0 Å². The molecule has 0 heterocycles. The molecule has 0 rings (SSSR count). The van der Waals surface area contributed by atoms with E-state index in [1.165, 1.54) is 0 Å². The molecule has 0 saturated heterocycles. The molecule has 0 fully saturated rings. The molecule has 1 atom stereocenters. The number of esters is 1. The van der Waals surface area contributed by atoms with Crippen molar-refractivity contribution in [1.82, 2.24) is 5.32 Å². The van der Waals surface area contributed by atoms with E-state index >= 15 is 0 Å². The van der Waals surface area contributed by atoms with Crippen LogP contribution in [0.1, 0.15) is 60.8 Å². The van der Waals surface area contributed by atoms with E-state index in [4.69, 9.17) is 9.47 Å². The molecule has 0 aliphatic heterocycles. The second-order valence-corrected chi connectivity index (χ2v) is 9.40. The predicted molar refractivity (Wildman–Crippen MR) is 93.6 cm³/mol. The second kappa shape index (κ2) is 9.38. The fourth-order valence-corrected chi connectivity index (χ4v) is 2.15. The van der Waals surface area contributed by atoms with Gasteiger partial charge in [0.2, 0.25) is 0 Å². The summed E-state index contributed by atoms with van der Waals surface area (Å²) in [4.78, 5) is 24.2. The molecule has 0 bridgehead atoms. The Morgan fingerprint density at radius 1 is 0.960 bits per heavy atom. The quantitative estimate of drug-likeness (QED) is 0.390. The minimum absolute atomic E-state index is 0.0201. The molecule has 0 radical (unpaired) electrons. The van der Waals surface area contributed by atoms with Crippen molar-refractivity contribution in [2.75, 3.05) is 12.9 Å². The first-order valence-electron chi connectivity index (χ1n) is 8.16. The molecule has 0 spiro atoms. The maximum Gasteiger partial charge on any atom is 0.408 e. The first kappa shape index (κ1) is 23.6. The number of hydrogen-bond donors (Lipinski definition) is 1. The summed E-state index contributed by atoms with van der Waals surface area (Å²) >= 11 is 0. The Labute approximate surface area is 150 Å². The fraction of sp³-hybridized carbons (Fsp3) is 0.875. The normalized spacial score (nSPS) is 13.9. The monoisotopic (exact) mass is 381 g/mol. The number of ether oxygens (including phenoxy) is 2. The highest BCUT2D eigenvalue weighted by Crippen LogP contribution is 2.13. The van der Waals surface area contributed by atoms with Gasteiger partial charge in [-0.1, -0.05) is 0 Å². The Morgan fingerprint density at radius 2 is 1.48 bits per heavy atom. The van der Waals surface area contributed by atoms with Gasteiger partial charge in [-0.2, -0.15) is 8.42 Å². The Balaban J connectivity index is 4.68. The Bertz CT molecular complexity index is 544. The van der Waals surface area contributed by atoms with Crippen molar-refractivity contribution in [3.8, 4) is 0 Å². The van der Waals surface area contributed by atoms with E-state index in [2.05, 4.69) is 9.50 Å². The van der Waals surface area contributed by atoms with Gasteiger partial charge in [0.25, 0.3) is 10.1 Å². The summed E-state index contributed by atoms with van der Waals surface area (Å²) in [5, 5.41) is 2.51. The zero-order valence-electron chi connectivity index (χ0n) is 16.2. The van der Waals surface area contributed by atoms with Crippen LogP contribution in [-0.4, -0.2) is 50.6 Å². The third kappa shape index (κ3) is 14.7. The molecule has 25 heavy (non-hydrogen) atoms. The molecule has 148 valence electrons. The first-order chi connectivity index (χ1) is 11.1. The number of alkyl carbamates (subject to hydrolysis) is 1. The molecule has 0 saturated carbocycles. The number of hydrogen-bond acceptors (Lipinski definition) is 7. The average molecular weight is 381 g/mol. The van der Waals surface area contributed by atoms with Crippen LogP contribution < -0.4 is 5.32 Å². The van der Waals surface area contributed by atoms with Crippen LogP contribution >= 0.6 is 0 Å². The summed E-state index contributed by atoms with van der Waals surface area (Å²) in [6.07, 6.45) is 1.43. The number of carbonyl (C=O) groups is 2. The molecule has 0 aliphatic rings. The van der Waals surface area contributed by atoms with Gasteiger partial charge in [0, 0.05) is 0 Å². The summed E-state index contributed by atoms with van der Waals surface area (Å²) in [6.45, 7) is 10.4. The smallest absolute Gasteiger partial charge is 0.408 e. The average Bonchev–Trinajstić information content (AvgIpc) is 2.30. The molecular formula is C16H31NO7S. The van der Waals surface area contributed by atoms with Crippen molar-refractivity contribution in [3.63, 3.8) is 0 Å². The third-order valence-electron chi connectivity index (χ3n) is 2.57. The van der Waals surface area contributed by atoms with Crippen LogP contribution in [0.5, 0.6) is 0 Å². The molecule has 1 amide bonds. The van der Waals surface area contributed by atoms with Gasteiger partial charge in [-0.15, -0.1) is 0 Å². The van der Waals surface area contributed by atoms with Crippen molar-refractivity contribution in [2.24, 2.45) is 0 Å². The lowest BCUT2D eigenvalue weighted by molar-refractivity contribution is -0.157. The molecular weight excluding hydrogens is 350 g/mol. The van der Waals surface area contributed by atoms with Crippen molar-refractivity contribution < 1.29 is 31.7 Å². The summed E-state index contributed by atoms with van der Waals surface area (Å²) < 4.78 is 36.9. The SMILES string of the molecule is CC(C)(C)OC(=O)N[C@H](CCCCOS(C)(=O)=O)C(=O)OC(C)(C)C. The van der Waals surface area contributed by atoms with Crippen molar-refractivity contribution >= 4 is 22.2 Å². The van der Waals surface area contributed by atoms with Gasteiger partial charge in [0.15, 0.2) is 0 Å². The molecule has 1 N–H and O–H groups in total. The summed E-state index contributed by atoms with van der Waals surface area (Å²) in [7, 11) is -3.49. The van der Waals surface area contributed by atoms with E-state index in [0.29, 0.717) is 12.8 Å². The van der Waals surface area contributed by atoms with Crippen molar-refractivity contribution in [3.05, 3.63) is 0 Å². The summed E-state index contributed by atoms with van der Waals surface area (Å²) in [5.41, 5.74) is -1.38. The van der Waals surface area contributed by atoms with Crippen molar-refractivity contribution in [2.45, 2.75) is 78.0 Å². The number of amides is 1. The Hall–Kier alpha value is -1.35.